The zero-order valence-electron chi connectivity index (χ0n) is 10.5. The van der Waals surface area contributed by atoms with E-state index in [0.29, 0.717) is 12.0 Å². The lowest BCUT2D eigenvalue weighted by atomic mass is 10.0. The van der Waals surface area contributed by atoms with Gasteiger partial charge in [-0.2, -0.15) is 0 Å². The van der Waals surface area contributed by atoms with Crippen LogP contribution in [0.4, 0.5) is 13.2 Å². The molecule has 0 aromatic heterocycles. The van der Waals surface area contributed by atoms with E-state index in [1.54, 1.807) is 0 Å². The molecule has 0 radical (unpaired) electrons. The smallest absolute Gasteiger partial charge is 0.194 e. The van der Waals surface area contributed by atoms with Crippen LogP contribution in [0.2, 0.25) is 0 Å². The highest BCUT2D eigenvalue weighted by molar-refractivity contribution is 5.19. The molecular formula is C13H18F3NO. The summed E-state index contributed by atoms with van der Waals surface area (Å²) >= 11 is 0. The Balaban J connectivity index is 2.67. The Morgan fingerprint density at radius 2 is 1.72 bits per heavy atom. The number of hydrogen-bond acceptors (Lipinski definition) is 2. The van der Waals surface area contributed by atoms with Crippen molar-refractivity contribution in [3.8, 4) is 0 Å². The topological polar surface area (TPSA) is 32.3 Å². The number of benzene rings is 1. The highest BCUT2D eigenvalue weighted by atomic mass is 19.2. The summed E-state index contributed by atoms with van der Waals surface area (Å²) in [6.45, 7) is 4.25. The molecule has 2 N–H and O–H groups in total. The van der Waals surface area contributed by atoms with Crippen LogP contribution in [0, 0.1) is 23.4 Å². The van der Waals surface area contributed by atoms with Crippen molar-refractivity contribution < 1.29 is 18.3 Å². The number of halogens is 3. The average Bonchev–Trinajstić information content (AvgIpc) is 2.30. The molecule has 0 heterocycles. The van der Waals surface area contributed by atoms with Gasteiger partial charge in [-0.3, -0.25) is 0 Å². The van der Waals surface area contributed by atoms with Crippen molar-refractivity contribution in [2.45, 2.75) is 32.9 Å². The predicted molar refractivity (Wildman–Crippen MR) is 63.5 cm³/mol. The van der Waals surface area contributed by atoms with Gasteiger partial charge in [0.05, 0.1) is 0 Å². The van der Waals surface area contributed by atoms with Gasteiger partial charge in [0, 0.05) is 19.2 Å². The second kappa shape index (κ2) is 6.75. The summed E-state index contributed by atoms with van der Waals surface area (Å²) in [5.74, 6) is -3.54. The SMILES string of the molecule is CC(C)C(CCO)NCc1cc(F)c(F)c(F)c1. The van der Waals surface area contributed by atoms with Crippen LogP contribution in [0.1, 0.15) is 25.8 Å². The maximum atomic E-state index is 13.0. The Kier molecular flexibility index (Phi) is 5.62. The Hall–Kier alpha value is -1.07. The molecule has 0 spiro atoms. The van der Waals surface area contributed by atoms with E-state index < -0.39 is 17.5 Å². The summed E-state index contributed by atoms with van der Waals surface area (Å²) in [4.78, 5) is 0. The normalized spacial score (nSPS) is 13.1. The largest absolute Gasteiger partial charge is 0.396 e. The van der Waals surface area contributed by atoms with Gasteiger partial charge in [-0.05, 0) is 30.0 Å². The molecule has 18 heavy (non-hydrogen) atoms. The molecule has 1 atom stereocenters. The Labute approximate surface area is 105 Å². The van der Waals surface area contributed by atoms with Gasteiger partial charge in [0.15, 0.2) is 17.5 Å². The van der Waals surface area contributed by atoms with Crippen LogP contribution in [0.5, 0.6) is 0 Å². The lowest BCUT2D eigenvalue weighted by molar-refractivity contribution is 0.243. The van der Waals surface area contributed by atoms with Gasteiger partial charge >= 0.3 is 0 Å². The molecule has 0 saturated carbocycles. The molecule has 1 aromatic carbocycles. The third kappa shape index (κ3) is 3.99. The Bertz CT molecular complexity index is 373. The van der Waals surface area contributed by atoms with E-state index in [2.05, 4.69) is 5.32 Å². The maximum Gasteiger partial charge on any atom is 0.194 e. The second-order valence-electron chi connectivity index (χ2n) is 4.62. The van der Waals surface area contributed by atoms with Gasteiger partial charge in [-0.15, -0.1) is 0 Å². The molecule has 5 heteroatoms. The highest BCUT2D eigenvalue weighted by Gasteiger charge is 2.14. The molecule has 102 valence electrons. The first-order chi connectivity index (χ1) is 8.45. The van der Waals surface area contributed by atoms with Crippen molar-refractivity contribution in [1.82, 2.24) is 5.32 Å². The van der Waals surface area contributed by atoms with Crippen molar-refractivity contribution in [2.24, 2.45) is 5.92 Å². The lowest BCUT2D eigenvalue weighted by Gasteiger charge is -2.21. The van der Waals surface area contributed by atoms with Crippen LogP contribution in [0.15, 0.2) is 12.1 Å². The zero-order chi connectivity index (χ0) is 13.7. The third-order valence-electron chi connectivity index (χ3n) is 2.86. The van der Waals surface area contributed by atoms with E-state index in [9.17, 15) is 13.2 Å². The fraction of sp³-hybridized carbons (Fsp3) is 0.538. The minimum absolute atomic E-state index is 0.0436. The van der Waals surface area contributed by atoms with Crippen LogP contribution in [-0.4, -0.2) is 17.8 Å². The van der Waals surface area contributed by atoms with Crippen molar-refractivity contribution >= 4 is 0 Å². The summed E-state index contributed by atoms with van der Waals surface area (Å²) in [6.07, 6.45) is 0.559. The van der Waals surface area contributed by atoms with Crippen molar-refractivity contribution in [1.29, 1.82) is 0 Å². The summed E-state index contributed by atoms with van der Waals surface area (Å²) < 4.78 is 38.7. The summed E-state index contributed by atoms with van der Waals surface area (Å²) in [5.41, 5.74) is 0.343. The van der Waals surface area contributed by atoms with Crippen molar-refractivity contribution in [3.05, 3.63) is 35.1 Å². The molecule has 2 nitrogen and oxygen atoms in total. The van der Waals surface area contributed by atoms with E-state index >= 15 is 0 Å². The molecular weight excluding hydrogens is 243 g/mol. The third-order valence-corrected chi connectivity index (χ3v) is 2.86. The molecule has 0 aliphatic carbocycles. The molecule has 0 bridgehead atoms. The average molecular weight is 261 g/mol. The lowest BCUT2D eigenvalue weighted by Crippen LogP contribution is -2.34. The van der Waals surface area contributed by atoms with Gasteiger partial charge in [0.25, 0.3) is 0 Å². The van der Waals surface area contributed by atoms with E-state index in [1.165, 1.54) is 0 Å². The van der Waals surface area contributed by atoms with Gasteiger partial charge in [0.2, 0.25) is 0 Å². The first-order valence-corrected chi connectivity index (χ1v) is 5.93. The van der Waals surface area contributed by atoms with Crippen LogP contribution in [0.25, 0.3) is 0 Å². The van der Waals surface area contributed by atoms with E-state index in [1.807, 2.05) is 13.8 Å². The van der Waals surface area contributed by atoms with Crippen LogP contribution in [-0.2, 0) is 6.54 Å². The molecule has 0 fully saturated rings. The monoisotopic (exact) mass is 261 g/mol. The van der Waals surface area contributed by atoms with Gasteiger partial charge in [0.1, 0.15) is 0 Å². The summed E-state index contributed by atoms with van der Waals surface area (Å²) in [5, 5.41) is 12.0. The van der Waals surface area contributed by atoms with E-state index in [0.717, 1.165) is 12.1 Å². The second-order valence-corrected chi connectivity index (χ2v) is 4.62. The highest BCUT2D eigenvalue weighted by Crippen LogP contribution is 2.14. The molecule has 0 aliphatic rings. The summed E-state index contributed by atoms with van der Waals surface area (Å²) in [7, 11) is 0. The van der Waals surface area contributed by atoms with Crippen LogP contribution in [0.3, 0.4) is 0 Å². The fourth-order valence-corrected chi connectivity index (χ4v) is 1.77. The molecule has 1 aromatic rings. The fourth-order valence-electron chi connectivity index (χ4n) is 1.77. The number of aliphatic hydroxyl groups is 1. The minimum Gasteiger partial charge on any atom is -0.396 e. The molecule has 0 amide bonds. The zero-order valence-corrected chi connectivity index (χ0v) is 10.5. The maximum absolute atomic E-state index is 13.0. The first-order valence-electron chi connectivity index (χ1n) is 5.93. The van der Waals surface area contributed by atoms with E-state index in [4.69, 9.17) is 5.11 Å². The van der Waals surface area contributed by atoms with Gasteiger partial charge < -0.3 is 10.4 Å². The number of hydrogen-bond donors (Lipinski definition) is 2. The van der Waals surface area contributed by atoms with Gasteiger partial charge in [-0.1, -0.05) is 13.8 Å². The number of aliphatic hydroxyl groups excluding tert-OH is 1. The van der Waals surface area contributed by atoms with Gasteiger partial charge in [-0.25, -0.2) is 13.2 Å². The predicted octanol–water partition coefficient (Wildman–Crippen LogP) is 2.60. The number of rotatable bonds is 6. The Morgan fingerprint density at radius 1 is 1.17 bits per heavy atom. The molecule has 0 saturated heterocycles. The summed E-state index contributed by atoms with van der Waals surface area (Å²) in [6, 6.07) is 2.00. The number of nitrogens with one attached hydrogen (secondary N) is 1. The molecule has 1 unspecified atom stereocenters. The minimum atomic E-state index is -1.45. The standard InChI is InChI=1S/C13H18F3NO/c1-8(2)12(3-4-18)17-7-9-5-10(14)13(16)11(15)6-9/h5-6,8,12,17-18H,3-4,7H2,1-2H3. The van der Waals surface area contributed by atoms with Crippen molar-refractivity contribution in [3.63, 3.8) is 0 Å². The first kappa shape index (κ1) is 15.0. The van der Waals surface area contributed by atoms with Crippen LogP contribution >= 0.6 is 0 Å². The molecule has 1 rings (SSSR count). The van der Waals surface area contributed by atoms with Crippen LogP contribution < -0.4 is 5.32 Å². The Morgan fingerprint density at radius 3 is 2.17 bits per heavy atom. The quantitative estimate of drug-likeness (QED) is 0.771. The van der Waals surface area contributed by atoms with Crippen molar-refractivity contribution in [2.75, 3.05) is 6.61 Å². The van der Waals surface area contributed by atoms with E-state index in [-0.39, 0.29) is 25.1 Å². The molecule has 0 aliphatic heterocycles.